The van der Waals surface area contributed by atoms with Crippen LogP contribution in [0.25, 0.3) is 0 Å². The molecule has 2 aromatic rings. The van der Waals surface area contributed by atoms with Crippen LogP contribution < -0.4 is 10.6 Å². The van der Waals surface area contributed by atoms with Crippen molar-refractivity contribution in [3.8, 4) is 0 Å². The molecule has 0 aliphatic carbocycles. The molecule has 5 nitrogen and oxygen atoms in total. The van der Waals surface area contributed by atoms with Crippen LogP contribution in [0.4, 0.5) is 10.1 Å². The minimum Gasteiger partial charge on any atom is -0.351 e. The number of rotatable bonds is 6. The number of anilines is 1. The molecule has 2 N–H and O–H groups in total. The molecule has 1 heterocycles. The van der Waals surface area contributed by atoms with Crippen LogP contribution in [-0.2, 0) is 16.1 Å². The first-order chi connectivity index (χ1) is 13.5. The number of para-hydroxylation sites is 1. The van der Waals surface area contributed by atoms with Crippen LogP contribution in [0.3, 0.4) is 0 Å². The number of amides is 2. The first-order valence-corrected chi connectivity index (χ1v) is 9.65. The van der Waals surface area contributed by atoms with E-state index in [1.165, 1.54) is 6.07 Å². The molecule has 1 fully saturated rings. The molecule has 0 radical (unpaired) electrons. The number of hydrogen-bond donors (Lipinski definition) is 2. The van der Waals surface area contributed by atoms with Crippen molar-refractivity contribution in [2.24, 2.45) is 5.92 Å². The highest BCUT2D eigenvalue weighted by molar-refractivity contribution is 5.92. The predicted molar refractivity (Wildman–Crippen MR) is 107 cm³/mol. The molecule has 28 heavy (non-hydrogen) atoms. The monoisotopic (exact) mass is 383 g/mol. The van der Waals surface area contributed by atoms with Crippen molar-refractivity contribution in [1.82, 2.24) is 10.2 Å². The van der Waals surface area contributed by atoms with Crippen LogP contribution in [-0.4, -0.2) is 35.8 Å². The molecule has 2 atom stereocenters. The molecule has 0 bridgehead atoms. The van der Waals surface area contributed by atoms with Crippen LogP contribution in [0.1, 0.15) is 25.3 Å². The Labute approximate surface area is 164 Å². The third-order valence-electron chi connectivity index (χ3n) is 5.20. The van der Waals surface area contributed by atoms with E-state index < -0.39 is 0 Å². The van der Waals surface area contributed by atoms with E-state index >= 15 is 0 Å². The van der Waals surface area contributed by atoms with Gasteiger partial charge in [-0.25, -0.2) is 4.39 Å². The quantitative estimate of drug-likeness (QED) is 0.805. The summed E-state index contributed by atoms with van der Waals surface area (Å²) in [6.45, 7) is 3.28. The van der Waals surface area contributed by atoms with Crippen LogP contribution in [0.15, 0.2) is 54.6 Å². The number of likely N-dealkylation sites (tertiary alicyclic amines) is 1. The normalized spacial score (nSPS) is 18.3. The number of benzene rings is 2. The number of nitrogens with one attached hydrogen (secondary N) is 2. The summed E-state index contributed by atoms with van der Waals surface area (Å²) in [5.41, 5.74) is 1.24. The Morgan fingerprint density at radius 1 is 1.14 bits per heavy atom. The van der Waals surface area contributed by atoms with E-state index in [2.05, 4.69) is 10.6 Å². The van der Waals surface area contributed by atoms with Crippen LogP contribution in [0.5, 0.6) is 0 Å². The predicted octanol–water partition coefficient (Wildman–Crippen LogP) is 3.18. The molecule has 0 saturated carbocycles. The van der Waals surface area contributed by atoms with Crippen molar-refractivity contribution in [2.75, 3.05) is 18.4 Å². The van der Waals surface area contributed by atoms with Gasteiger partial charge in [-0.3, -0.25) is 14.5 Å². The number of carbonyl (C=O) groups excluding carboxylic acids is 2. The molecular formula is C22H26FN3O2. The van der Waals surface area contributed by atoms with Crippen molar-refractivity contribution in [3.63, 3.8) is 0 Å². The third-order valence-corrected chi connectivity index (χ3v) is 5.20. The number of hydrogen-bond acceptors (Lipinski definition) is 3. The maximum absolute atomic E-state index is 13.7. The maximum atomic E-state index is 13.7. The van der Waals surface area contributed by atoms with Gasteiger partial charge in [-0.2, -0.15) is 0 Å². The lowest BCUT2D eigenvalue weighted by Crippen LogP contribution is -2.50. The van der Waals surface area contributed by atoms with Crippen LogP contribution in [0.2, 0.25) is 0 Å². The van der Waals surface area contributed by atoms with E-state index in [1.807, 2.05) is 42.2 Å². The second kappa shape index (κ2) is 9.46. The minimum atomic E-state index is -0.376. The van der Waals surface area contributed by atoms with E-state index in [4.69, 9.17) is 0 Å². The Bertz CT molecular complexity index is 812. The van der Waals surface area contributed by atoms with E-state index in [9.17, 15) is 14.0 Å². The van der Waals surface area contributed by atoms with Crippen molar-refractivity contribution >= 4 is 17.5 Å². The summed E-state index contributed by atoms with van der Waals surface area (Å²) in [5.74, 6) is -0.663. The van der Waals surface area contributed by atoms with Gasteiger partial charge in [0.15, 0.2) is 0 Å². The largest absolute Gasteiger partial charge is 0.351 e. The third kappa shape index (κ3) is 5.16. The summed E-state index contributed by atoms with van der Waals surface area (Å²) in [6.07, 6.45) is 1.66. The Hall–Kier alpha value is -2.73. The molecule has 2 amide bonds. The van der Waals surface area contributed by atoms with Crippen molar-refractivity contribution in [3.05, 3.63) is 66.0 Å². The molecule has 148 valence electrons. The lowest BCUT2D eigenvalue weighted by molar-refractivity contribution is -0.129. The number of piperidine rings is 1. The molecule has 1 aliphatic rings. The lowest BCUT2D eigenvalue weighted by Gasteiger charge is -2.35. The van der Waals surface area contributed by atoms with E-state index in [0.717, 1.165) is 25.1 Å². The standard InChI is InChI=1S/C22H26FN3O2/c1-16(21(27)24-14-17-8-5-6-12-20(17)23)26-13-7-9-18(15-26)22(28)25-19-10-3-2-4-11-19/h2-6,8,10-12,16,18H,7,9,13-15H2,1H3,(H,24,27)(H,25,28). The van der Waals surface area contributed by atoms with Gasteiger partial charge in [0.05, 0.1) is 12.0 Å². The van der Waals surface area contributed by atoms with Crippen molar-refractivity contribution in [1.29, 1.82) is 0 Å². The first-order valence-electron chi connectivity index (χ1n) is 9.65. The Kier molecular flexibility index (Phi) is 6.76. The van der Waals surface area contributed by atoms with Gasteiger partial charge >= 0.3 is 0 Å². The Morgan fingerprint density at radius 2 is 1.86 bits per heavy atom. The number of halogens is 1. The minimum absolute atomic E-state index is 0.0186. The Morgan fingerprint density at radius 3 is 2.61 bits per heavy atom. The highest BCUT2D eigenvalue weighted by Gasteiger charge is 2.30. The average Bonchev–Trinajstić information content (AvgIpc) is 2.73. The molecule has 1 aliphatic heterocycles. The van der Waals surface area contributed by atoms with Crippen LogP contribution in [0, 0.1) is 11.7 Å². The van der Waals surface area contributed by atoms with Gasteiger partial charge in [-0.05, 0) is 44.5 Å². The van der Waals surface area contributed by atoms with Gasteiger partial charge in [0, 0.05) is 24.3 Å². The van der Waals surface area contributed by atoms with Gasteiger partial charge in [0.1, 0.15) is 5.82 Å². The van der Waals surface area contributed by atoms with Gasteiger partial charge in [-0.1, -0.05) is 36.4 Å². The van der Waals surface area contributed by atoms with Gasteiger partial charge < -0.3 is 10.6 Å². The maximum Gasteiger partial charge on any atom is 0.237 e. The lowest BCUT2D eigenvalue weighted by atomic mass is 9.95. The zero-order valence-corrected chi connectivity index (χ0v) is 16.0. The fourth-order valence-electron chi connectivity index (χ4n) is 3.48. The summed E-state index contributed by atoms with van der Waals surface area (Å²) in [6, 6.07) is 15.4. The average molecular weight is 383 g/mol. The first kappa shape index (κ1) is 20.0. The molecule has 0 aromatic heterocycles. The number of carbonyl (C=O) groups is 2. The van der Waals surface area contributed by atoms with E-state index in [1.54, 1.807) is 18.2 Å². The molecule has 0 spiro atoms. The van der Waals surface area contributed by atoms with Gasteiger partial charge in [0.2, 0.25) is 11.8 Å². The topological polar surface area (TPSA) is 61.4 Å². The summed E-state index contributed by atoms with van der Waals surface area (Å²) in [4.78, 5) is 27.1. The SMILES string of the molecule is CC(C(=O)NCc1ccccc1F)N1CCCC(C(=O)Nc2ccccc2)C1. The second-order valence-electron chi connectivity index (χ2n) is 7.17. The summed E-state index contributed by atoms with van der Waals surface area (Å²) in [7, 11) is 0. The van der Waals surface area contributed by atoms with E-state index in [0.29, 0.717) is 12.1 Å². The summed E-state index contributed by atoms with van der Waals surface area (Å²) >= 11 is 0. The highest BCUT2D eigenvalue weighted by atomic mass is 19.1. The van der Waals surface area contributed by atoms with Gasteiger partial charge in [-0.15, -0.1) is 0 Å². The molecule has 2 aromatic carbocycles. The molecule has 6 heteroatoms. The Balaban J connectivity index is 1.53. The zero-order valence-electron chi connectivity index (χ0n) is 16.0. The molecule has 3 rings (SSSR count). The molecule has 1 saturated heterocycles. The highest BCUT2D eigenvalue weighted by Crippen LogP contribution is 2.20. The van der Waals surface area contributed by atoms with Crippen molar-refractivity contribution in [2.45, 2.75) is 32.4 Å². The zero-order chi connectivity index (χ0) is 19.9. The fourth-order valence-corrected chi connectivity index (χ4v) is 3.48. The smallest absolute Gasteiger partial charge is 0.237 e. The fraction of sp³-hybridized carbons (Fsp3) is 0.364. The summed E-state index contributed by atoms with van der Waals surface area (Å²) < 4.78 is 13.7. The molecular weight excluding hydrogens is 357 g/mol. The summed E-state index contributed by atoms with van der Waals surface area (Å²) in [5, 5.41) is 5.74. The van der Waals surface area contributed by atoms with E-state index in [-0.39, 0.29) is 36.1 Å². The molecule has 2 unspecified atom stereocenters. The van der Waals surface area contributed by atoms with Crippen LogP contribution >= 0.6 is 0 Å². The van der Waals surface area contributed by atoms with Crippen molar-refractivity contribution < 1.29 is 14.0 Å². The second-order valence-corrected chi connectivity index (χ2v) is 7.17. The number of nitrogens with zero attached hydrogens (tertiary/aromatic N) is 1. The van der Waals surface area contributed by atoms with Gasteiger partial charge in [0.25, 0.3) is 0 Å².